The molecular formula is C19H12BrFN4O2S. The van der Waals surface area contributed by atoms with E-state index in [9.17, 15) is 9.18 Å². The zero-order chi connectivity index (χ0) is 19.5. The lowest BCUT2D eigenvalue weighted by Crippen LogP contribution is -2.08. The van der Waals surface area contributed by atoms with Gasteiger partial charge in [0, 0.05) is 17.2 Å². The van der Waals surface area contributed by atoms with Crippen molar-refractivity contribution in [1.82, 2.24) is 20.1 Å². The first kappa shape index (κ1) is 18.6. The molecule has 4 aromatic rings. The fourth-order valence-electron chi connectivity index (χ4n) is 2.46. The Kier molecular flexibility index (Phi) is 5.36. The van der Waals surface area contributed by atoms with Gasteiger partial charge in [-0.05, 0) is 34.1 Å². The number of rotatable bonds is 5. The summed E-state index contributed by atoms with van der Waals surface area (Å²) in [4.78, 5) is 23.4. The lowest BCUT2D eigenvalue weighted by Gasteiger charge is -2.03. The summed E-state index contributed by atoms with van der Waals surface area (Å²) in [7, 11) is 0. The number of nitrogens with one attached hydrogen (secondary N) is 1. The van der Waals surface area contributed by atoms with Gasteiger partial charge < -0.3 is 9.51 Å². The van der Waals surface area contributed by atoms with Crippen molar-refractivity contribution in [2.45, 2.75) is 10.9 Å². The molecule has 0 aliphatic heterocycles. The minimum absolute atomic E-state index is 0.237. The molecule has 0 unspecified atom stereocenters. The zero-order valence-corrected chi connectivity index (χ0v) is 16.6. The zero-order valence-electron chi connectivity index (χ0n) is 14.2. The van der Waals surface area contributed by atoms with E-state index >= 15 is 0 Å². The SMILES string of the molecule is O=c1cc(-c2ccccc2)nc(SCc2nc(-c3ccc(F)c(Br)c3)no2)[nH]1. The van der Waals surface area contributed by atoms with E-state index < -0.39 is 0 Å². The van der Waals surface area contributed by atoms with Gasteiger partial charge >= 0.3 is 0 Å². The first-order valence-electron chi connectivity index (χ1n) is 8.16. The van der Waals surface area contributed by atoms with Crippen molar-refractivity contribution in [3.63, 3.8) is 0 Å². The van der Waals surface area contributed by atoms with E-state index in [1.807, 2.05) is 30.3 Å². The largest absolute Gasteiger partial charge is 0.338 e. The fourth-order valence-corrected chi connectivity index (χ4v) is 3.55. The van der Waals surface area contributed by atoms with Crippen LogP contribution < -0.4 is 5.56 Å². The molecule has 6 nitrogen and oxygen atoms in total. The number of H-pyrrole nitrogens is 1. The molecule has 0 spiro atoms. The normalized spacial score (nSPS) is 10.9. The topological polar surface area (TPSA) is 84.7 Å². The fraction of sp³-hybridized carbons (Fsp3) is 0.0526. The number of hydrogen-bond acceptors (Lipinski definition) is 6. The standard InChI is InChI=1S/C19H12BrFN4O2S/c20-13-8-12(6-7-14(13)21)18-24-17(27-25-18)10-28-19-22-15(9-16(26)23-19)11-4-2-1-3-5-11/h1-9H,10H2,(H,22,23,26). The highest BCUT2D eigenvalue weighted by Gasteiger charge is 2.12. The third kappa shape index (κ3) is 4.20. The Labute approximate surface area is 171 Å². The molecule has 2 heterocycles. The smallest absolute Gasteiger partial charge is 0.252 e. The van der Waals surface area contributed by atoms with Crippen molar-refractivity contribution >= 4 is 27.7 Å². The second-order valence-electron chi connectivity index (χ2n) is 5.73. The summed E-state index contributed by atoms with van der Waals surface area (Å²) in [5, 5.41) is 4.37. The summed E-state index contributed by atoms with van der Waals surface area (Å²) in [5.41, 5.74) is 1.84. The summed E-state index contributed by atoms with van der Waals surface area (Å²) in [6.45, 7) is 0. The predicted octanol–water partition coefficient (Wildman–Crippen LogP) is 4.68. The van der Waals surface area contributed by atoms with Gasteiger partial charge in [0.2, 0.25) is 11.7 Å². The van der Waals surface area contributed by atoms with Gasteiger partial charge in [-0.2, -0.15) is 4.98 Å². The van der Waals surface area contributed by atoms with Crippen molar-refractivity contribution in [3.8, 4) is 22.6 Å². The van der Waals surface area contributed by atoms with E-state index in [0.717, 1.165) is 5.56 Å². The number of aromatic nitrogens is 4. The van der Waals surface area contributed by atoms with E-state index in [-0.39, 0.29) is 11.4 Å². The molecule has 0 saturated heterocycles. The van der Waals surface area contributed by atoms with E-state index in [2.05, 4.69) is 36.0 Å². The van der Waals surface area contributed by atoms with Gasteiger partial charge in [0.1, 0.15) is 5.82 Å². The van der Waals surface area contributed by atoms with Gasteiger partial charge in [-0.1, -0.05) is 47.3 Å². The van der Waals surface area contributed by atoms with Crippen LogP contribution in [0.3, 0.4) is 0 Å². The molecular weight excluding hydrogens is 447 g/mol. The number of benzene rings is 2. The Morgan fingerprint density at radius 1 is 1.07 bits per heavy atom. The first-order valence-corrected chi connectivity index (χ1v) is 9.94. The van der Waals surface area contributed by atoms with Crippen LogP contribution in [0.5, 0.6) is 0 Å². The number of thioether (sulfide) groups is 1. The van der Waals surface area contributed by atoms with Gasteiger partial charge in [0.25, 0.3) is 5.56 Å². The lowest BCUT2D eigenvalue weighted by molar-refractivity contribution is 0.391. The second kappa shape index (κ2) is 8.07. The van der Waals surface area contributed by atoms with Gasteiger partial charge in [-0.3, -0.25) is 4.79 Å². The van der Waals surface area contributed by atoms with E-state index in [1.54, 1.807) is 12.1 Å². The van der Waals surface area contributed by atoms with E-state index in [4.69, 9.17) is 4.52 Å². The third-order valence-corrected chi connectivity index (χ3v) is 5.23. The van der Waals surface area contributed by atoms with Crippen LogP contribution in [0.15, 0.2) is 73.5 Å². The maximum absolute atomic E-state index is 13.4. The monoisotopic (exact) mass is 458 g/mol. The van der Waals surface area contributed by atoms with Crippen molar-refractivity contribution in [1.29, 1.82) is 0 Å². The Hall–Kier alpha value is -2.78. The lowest BCUT2D eigenvalue weighted by atomic mass is 10.1. The van der Waals surface area contributed by atoms with Gasteiger partial charge in [-0.15, -0.1) is 0 Å². The minimum atomic E-state index is -0.364. The van der Waals surface area contributed by atoms with Crippen molar-refractivity contribution < 1.29 is 8.91 Å². The maximum Gasteiger partial charge on any atom is 0.252 e. The molecule has 9 heteroatoms. The number of aromatic amines is 1. The van der Waals surface area contributed by atoms with E-state index in [0.29, 0.717) is 38.4 Å². The van der Waals surface area contributed by atoms with Crippen molar-refractivity contribution in [3.05, 3.63) is 81.1 Å². The van der Waals surface area contributed by atoms with Crippen LogP contribution in [0.2, 0.25) is 0 Å². The third-order valence-electron chi connectivity index (χ3n) is 3.77. The van der Waals surface area contributed by atoms with Crippen molar-refractivity contribution in [2.75, 3.05) is 0 Å². The van der Waals surface area contributed by atoms with Crippen LogP contribution in [-0.2, 0) is 5.75 Å². The number of nitrogens with zero attached hydrogens (tertiary/aromatic N) is 3. The van der Waals surface area contributed by atoms with Gasteiger partial charge in [-0.25, -0.2) is 9.37 Å². The first-order chi connectivity index (χ1) is 13.6. The van der Waals surface area contributed by atoms with E-state index in [1.165, 1.54) is 23.9 Å². The Bertz CT molecular complexity index is 1180. The Morgan fingerprint density at radius 3 is 2.68 bits per heavy atom. The van der Waals surface area contributed by atoms with Gasteiger partial charge in [0.05, 0.1) is 15.9 Å². The molecule has 0 fully saturated rings. The Morgan fingerprint density at radius 2 is 1.89 bits per heavy atom. The molecule has 28 heavy (non-hydrogen) atoms. The Balaban J connectivity index is 1.51. The molecule has 0 amide bonds. The minimum Gasteiger partial charge on any atom is -0.338 e. The molecule has 0 aliphatic carbocycles. The molecule has 0 radical (unpaired) electrons. The van der Waals surface area contributed by atoms with Crippen LogP contribution in [0.1, 0.15) is 5.89 Å². The van der Waals surface area contributed by atoms with Crippen molar-refractivity contribution in [2.24, 2.45) is 0 Å². The number of halogens is 2. The molecule has 4 rings (SSSR count). The highest BCUT2D eigenvalue weighted by Crippen LogP contribution is 2.25. The van der Waals surface area contributed by atoms with Crippen LogP contribution in [-0.4, -0.2) is 20.1 Å². The molecule has 0 saturated carbocycles. The molecule has 0 bridgehead atoms. The second-order valence-corrected chi connectivity index (χ2v) is 7.55. The van der Waals surface area contributed by atoms with Crippen LogP contribution >= 0.6 is 27.7 Å². The molecule has 0 aliphatic rings. The highest BCUT2D eigenvalue weighted by atomic mass is 79.9. The van der Waals surface area contributed by atoms with Crippen LogP contribution in [0.25, 0.3) is 22.6 Å². The molecule has 2 aromatic heterocycles. The molecule has 1 N–H and O–H groups in total. The molecule has 0 atom stereocenters. The predicted molar refractivity (Wildman–Crippen MR) is 107 cm³/mol. The van der Waals surface area contributed by atoms with Crippen LogP contribution in [0.4, 0.5) is 4.39 Å². The van der Waals surface area contributed by atoms with Gasteiger partial charge in [0.15, 0.2) is 5.16 Å². The number of hydrogen-bond donors (Lipinski definition) is 1. The quantitative estimate of drug-likeness (QED) is 0.345. The average molecular weight is 459 g/mol. The molecule has 140 valence electrons. The summed E-state index contributed by atoms with van der Waals surface area (Å²) < 4.78 is 18.9. The maximum atomic E-state index is 13.4. The molecule has 2 aromatic carbocycles. The summed E-state index contributed by atoms with van der Waals surface area (Å²) in [6.07, 6.45) is 0. The summed E-state index contributed by atoms with van der Waals surface area (Å²) >= 11 is 4.42. The average Bonchev–Trinajstić information content (AvgIpc) is 3.18. The van der Waals surface area contributed by atoms with Crippen LogP contribution in [0, 0.1) is 5.82 Å². The summed E-state index contributed by atoms with van der Waals surface area (Å²) in [6, 6.07) is 15.4. The highest BCUT2D eigenvalue weighted by molar-refractivity contribution is 9.10. The summed E-state index contributed by atoms with van der Waals surface area (Å²) in [5.74, 6) is 0.691.